The number of benzene rings is 3. The van der Waals surface area contributed by atoms with Gasteiger partial charge in [-0.1, -0.05) is 54.6 Å². The van der Waals surface area contributed by atoms with Crippen molar-refractivity contribution in [3.8, 4) is 11.1 Å². The summed E-state index contributed by atoms with van der Waals surface area (Å²) in [6, 6.07) is 23.1. The fourth-order valence-corrected chi connectivity index (χ4v) is 3.68. The normalized spacial score (nSPS) is 13.4. The maximum Gasteiger partial charge on any atom is 0.338 e. The van der Waals surface area contributed by atoms with Crippen LogP contribution in [0.1, 0.15) is 34.8 Å². The lowest BCUT2D eigenvalue weighted by Gasteiger charge is -2.16. The number of hydrogen-bond donors (Lipinski definition) is 1. The minimum atomic E-state index is -0.903. The molecule has 0 radical (unpaired) electrons. The van der Waals surface area contributed by atoms with Crippen LogP contribution in [0, 0.1) is 0 Å². The number of rotatable bonds is 5. The van der Waals surface area contributed by atoms with Gasteiger partial charge in [-0.2, -0.15) is 0 Å². The Morgan fingerprint density at radius 1 is 0.897 bits per heavy atom. The highest BCUT2D eigenvalue weighted by atomic mass is 16.5. The van der Waals surface area contributed by atoms with Crippen LogP contribution in [-0.4, -0.2) is 18.0 Å². The van der Waals surface area contributed by atoms with Gasteiger partial charge in [-0.15, -0.1) is 0 Å². The predicted molar refractivity (Wildman–Crippen MR) is 114 cm³/mol. The number of amides is 1. The molecule has 0 saturated carbocycles. The van der Waals surface area contributed by atoms with E-state index in [0.29, 0.717) is 11.3 Å². The number of fused-ring (bicyclic) bond motifs is 1. The van der Waals surface area contributed by atoms with Crippen LogP contribution >= 0.6 is 0 Å². The summed E-state index contributed by atoms with van der Waals surface area (Å²) in [6.07, 6.45) is 2.26. The summed E-state index contributed by atoms with van der Waals surface area (Å²) in [5, 5.41) is 2.89. The van der Waals surface area contributed by atoms with E-state index in [1.54, 1.807) is 13.0 Å². The topological polar surface area (TPSA) is 55.4 Å². The molecule has 146 valence electrons. The van der Waals surface area contributed by atoms with Crippen LogP contribution < -0.4 is 5.32 Å². The standard InChI is InChI=1S/C25H23NO3/c1-17(29-25(28)21-15-14-18-10-7-11-20(18)16-21)24(27)26-23-13-6-5-12-22(23)19-8-3-2-4-9-19/h2-6,8-9,12-17H,7,10-11H2,1H3,(H,26,27). The lowest BCUT2D eigenvalue weighted by molar-refractivity contribution is -0.123. The Labute approximate surface area is 170 Å². The summed E-state index contributed by atoms with van der Waals surface area (Å²) in [6.45, 7) is 1.59. The van der Waals surface area contributed by atoms with Gasteiger partial charge in [0.1, 0.15) is 0 Å². The maximum absolute atomic E-state index is 12.7. The molecule has 4 rings (SSSR count). The number of para-hydroxylation sites is 1. The van der Waals surface area contributed by atoms with Crippen molar-refractivity contribution >= 4 is 17.6 Å². The monoisotopic (exact) mass is 385 g/mol. The molecule has 1 aliphatic carbocycles. The molecule has 0 aromatic heterocycles. The second kappa shape index (κ2) is 8.31. The summed E-state index contributed by atoms with van der Waals surface area (Å²) in [7, 11) is 0. The van der Waals surface area contributed by atoms with E-state index in [0.717, 1.165) is 30.4 Å². The molecule has 1 aliphatic rings. The summed E-state index contributed by atoms with van der Waals surface area (Å²) in [5.74, 6) is -0.832. The number of carbonyl (C=O) groups is 2. The van der Waals surface area contributed by atoms with E-state index >= 15 is 0 Å². The minimum Gasteiger partial charge on any atom is -0.449 e. The molecular weight excluding hydrogens is 362 g/mol. The van der Waals surface area contributed by atoms with E-state index in [1.165, 1.54) is 11.1 Å². The predicted octanol–water partition coefficient (Wildman–Crippen LogP) is 5.03. The molecule has 0 bridgehead atoms. The molecule has 1 unspecified atom stereocenters. The van der Waals surface area contributed by atoms with Crippen molar-refractivity contribution in [2.75, 3.05) is 5.32 Å². The molecule has 29 heavy (non-hydrogen) atoms. The van der Waals surface area contributed by atoms with E-state index < -0.39 is 12.1 Å². The van der Waals surface area contributed by atoms with Crippen LogP contribution in [-0.2, 0) is 22.4 Å². The third-order valence-electron chi connectivity index (χ3n) is 5.26. The van der Waals surface area contributed by atoms with Crippen molar-refractivity contribution in [2.45, 2.75) is 32.3 Å². The molecule has 1 atom stereocenters. The van der Waals surface area contributed by atoms with Crippen molar-refractivity contribution in [3.05, 3.63) is 89.5 Å². The second-order valence-corrected chi connectivity index (χ2v) is 7.29. The van der Waals surface area contributed by atoms with Crippen LogP contribution in [0.5, 0.6) is 0 Å². The van der Waals surface area contributed by atoms with E-state index in [9.17, 15) is 9.59 Å². The first-order chi connectivity index (χ1) is 14.1. The Hall–Kier alpha value is -3.40. The zero-order valence-electron chi connectivity index (χ0n) is 16.4. The first kappa shape index (κ1) is 18.9. The van der Waals surface area contributed by atoms with Crippen LogP contribution in [0.15, 0.2) is 72.8 Å². The Morgan fingerprint density at radius 2 is 1.62 bits per heavy atom. The zero-order valence-corrected chi connectivity index (χ0v) is 16.4. The zero-order chi connectivity index (χ0) is 20.2. The number of ether oxygens (including phenoxy) is 1. The number of aryl methyl sites for hydroxylation is 2. The summed E-state index contributed by atoms with van der Waals surface area (Å²) in [5.41, 5.74) is 5.60. The minimum absolute atomic E-state index is 0.358. The Kier molecular flexibility index (Phi) is 5.43. The van der Waals surface area contributed by atoms with Crippen molar-refractivity contribution in [3.63, 3.8) is 0 Å². The molecule has 0 aliphatic heterocycles. The molecule has 1 amide bonds. The van der Waals surface area contributed by atoms with Gasteiger partial charge >= 0.3 is 5.97 Å². The first-order valence-electron chi connectivity index (χ1n) is 9.90. The Morgan fingerprint density at radius 3 is 2.45 bits per heavy atom. The molecule has 3 aromatic carbocycles. The summed E-state index contributed by atoms with van der Waals surface area (Å²) < 4.78 is 5.42. The van der Waals surface area contributed by atoms with Crippen molar-refractivity contribution < 1.29 is 14.3 Å². The third kappa shape index (κ3) is 4.21. The highest BCUT2D eigenvalue weighted by Crippen LogP contribution is 2.28. The Bertz CT molecular complexity index is 1040. The van der Waals surface area contributed by atoms with E-state index in [-0.39, 0.29) is 5.91 Å². The molecule has 0 fully saturated rings. The third-order valence-corrected chi connectivity index (χ3v) is 5.26. The lowest BCUT2D eigenvalue weighted by Crippen LogP contribution is -2.30. The van der Waals surface area contributed by atoms with Crippen molar-refractivity contribution in [1.29, 1.82) is 0 Å². The van der Waals surface area contributed by atoms with E-state index in [1.807, 2.05) is 66.7 Å². The molecule has 0 spiro atoms. The number of esters is 1. The SMILES string of the molecule is CC(OC(=O)c1ccc2c(c1)CCC2)C(=O)Nc1ccccc1-c1ccccc1. The van der Waals surface area contributed by atoms with Gasteiger partial charge in [-0.3, -0.25) is 4.79 Å². The fourth-order valence-electron chi connectivity index (χ4n) is 3.68. The van der Waals surface area contributed by atoms with Crippen LogP contribution in [0.25, 0.3) is 11.1 Å². The van der Waals surface area contributed by atoms with Gasteiger partial charge in [-0.25, -0.2) is 4.79 Å². The van der Waals surface area contributed by atoms with Gasteiger partial charge in [0.2, 0.25) is 0 Å². The molecular formula is C25H23NO3. The van der Waals surface area contributed by atoms with Gasteiger partial charge in [0, 0.05) is 11.3 Å². The molecule has 3 aromatic rings. The average Bonchev–Trinajstić information content (AvgIpc) is 3.22. The number of carbonyl (C=O) groups excluding carboxylic acids is 2. The highest BCUT2D eigenvalue weighted by molar-refractivity contribution is 6.00. The van der Waals surface area contributed by atoms with Crippen molar-refractivity contribution in [2.24, 2.45) is 0 Å². The quantitative estimate of drug-likeness (QED) is 0.627. The van der Waals surface area contributed by atoms with Gasteiger partial charge in [0.05, 0.1) is 5.56 Å². The molecule has 0 heterocycles. The number of hydrogen-bond acceptors (Lipinski definition) is 3. The van der Waals surface area contributed by atoms with Gasteiger partial charge in [0.15, 0.2) is 6.10 Å². The molecule has 4 heteroatoms. The molecule has 1 N–H and O–H groups in total. The largest absolute Gasteiger partial charge is 0.449 e. The lowest BCUT2D eigenvalue weighted by atomic mass is 10.0. The number of nitrogens with one attached hydrogen (secondary N) is 1. The first-order valence-corrected chi connectivity index (χ1v) is 9.90. The summed E-state index contributed by atoms with van der Waals surface area (Å²) >= 11 is 0. The average molecular weight is 385 g/mol. The van der Waals surface area contributed by atoms with Crippen LogP contribution in [0.4, 0.5) is 5.69 Å². The fraction of sp³-hybridized carbons (Fsp3) is 0.200. The van der Waals surface area contributed by atoms with Crippen LogP contribution in [0.3, 0.4) is 0 Å². The van der Waals surface area contributed by atoms with Gasteiger partial charge in [0.25, 0.3) is 5.91 Å². The smallest absolute Gasteiger partial charge is 0.338 e. The second-order valence-electron chi connectivity index (χ2n) is 7.29. The van der Waals surface area contributed by atoms with E-state index in [2.05, 4.69) is 5.32 Å². The van der Waals surface area contributed by atoms with Crippen LogP contribution in [0.2, 0.25) is 0 Å². The maximum atomic E-state index is 12.7. The van der Waals surface area contributed by atoms with Crippen molar-refractivity contribution in [1.82, 2.24) is 0 Å². The van der Waals surface area contributed by atoms with Gasteiger partial charge in [-0.05, 0) is 61.1 Å². The molecule has 4 nitrogen and oxygen atoms in total. The van der Waals surface area contributed by atoms with Gasteiger partial charge < -0.3 is 10.1 Å². The summed E-state index contributed by atoms with van der Waals surface area (Å²) in [4.78, 5) is 25.2. The molecule has 0 saturated heterocycles. The highest BCUT2D eigenvalue weighted by Gasteiger charge is 2.21. The Balaban J connectivity index is 1.45. The van der Waals surface area contributed by atoms with E-state index in [4.69, 9.17) is 4.74 Å². The number of anilines is 1.